The third kappa shape index (κ3) is 36.3. The van der Waals surface area contributed by atoms with Crippen LogP contribution in [0.1, 0.15) is 238 Å². The molecule has 0 aromatic rings. The molecule has 1 aliphatic heterocycles. The van der Waals surface area contributed by atoms with E-state index < -0.39 is 256 Å². The van der Waals surface area contributed by atoms with Gasteiger partial charge in [-0.05, 0) is 178 Å². The minimum absolute atomic E-state index is 0.0423. The summed E-state index contributed by atoms with van der Waals surface area (Å²) in [6.07, 6.45) is -0.309. The molecule has 1 fully saturated rings. The van der Waals surface area contributed by atoms with Crippen LogP contribution >= 0.6 is 0 Å². The highest BCUT2D eigenvalue weighted by atomic mass is 16.3. The highest BCUT2D eigenvalue weighted by Gasteiger charge is 2.47. The van der Waals surface area contributed by atoms with Gasteiger partial charge in [-0.15, -0.1) is 0 Å². The highest BCUT2D eigenvalue weighted by Crippen LogP contribution is 2.25. The van der Waals surface area contributed by atoms with Gasteiger partial charge in [-0.25, -0.2) is 0 Å². The molecule has 1 rings (SSSR count). The fourth-order valence-corrected chi connectivity index (χ4v) is 12.4. The van der Waals surface area contributed by atoms with E-state index in [0.717, 1.165) is 0 Å². The van der Waals surface area contributed by atoms with Crippen LogP contribution < -0.4 is 102 Å². The maximum absolute atomic E-state index is 14.4. The van der Waals surface area contributed by atoms with Gasteiger partial charge in [0, 0.05) is 26.3 Å². The Labute approximate surface area is 709 Å². The summed E-state index contributed by atoms with van der Waals surface area (Å²) in [5, 5.41) is 53.3. The van der Waals surface area contributed by atoms with Gasteiger partial charge in [0.2, 0.25) is 118 Å². The first-order valence-corrected chi connectivity index (χ1v) is 40.9. The van der Waals surface area contributed by atoms with Gasteiger partial charge in [0.1, 0.15) is 87.1 Å². The molecule has 0 radical (unpaired) electrons. The van der Waals surface area contributed by atoms with Crippen molar-refractivity contribution in [3.05, 3.63) is 0 Å². The van der Waals surface area contributed by atoms with Gasteiger partial charge >= 0.3 is 0 Å². The molecule has 0 aromatic carbocycles. The lowest BCUT2D eigenvalue weighted by Crippen LogP contribution is -2.66. The van der Waals surface area contributed by atoms with Crippen molar-refractivity contribution in [1.82, 2.24) is 95.3 Å². The van der Waals surface area contributed by atoms with E-state index in [1.807, 2.05) is 13.8 Å². The topological polar surface area (TPSA) is 621 Å². The Morgan fingerprint density at radius 3 is 1.17 bits per heavy atom. The normalized spacial score (nSPS) is 15.4. The number of primary amides is 2. The molecule has 9 atom stereocenters. The SMILES string of the molecule is CC(=O)NC(C)(C)C(=O)NCC(=O)N[C@H](C)C(=O)N[C@H](CC(C)C)C(=O)NC(C)(C)C(=O)N[C@H](CCC(N)=O)C(=O)N[C@H](C(=O)N[C@@H](C(=O)NC(C)(C)C(=O)NCC(=O)NC(C)(C)C(=O)NC(C)(C)C(=O)N1CCC[C@H]1C(=O)N[C@@H](CC(C)C)C(=O)NC(C)(C)C(=O)NC(C)(C)C(=O)N[C@@H](CCC(N)=O)C(=O)N[C@H](CO)CC(C)C)C(C)C)C(C)C. The maximum Gasteiger partial charge on any atom is 0.248 e. The fraction of sp³-hybridized carbons (Fsp3) is 0.750. The van der Waals surface area contributed by atoms with E-state index in [-0.39, 0.29) is 56.4 Å². The Morgan fingerprint density at radius 1 is 0.372 bits per heavy atom. The number of hydrogen-bond donors (Lipinski definition) is 20. The molecule has 22 N–H and O–H groups in total. The minimum Gasteiger partial charge on any atom is -0.394 e. The van der Waals surface area contributed by atoms with E-state index in [1.165, 1.54) is 116 Å². The second kappa shape index (κ2) is 46.4. The van der Waals surface area contributed by atoms with Crippen LogP contribution in [0.3, 0.4) is 0 Å². The van der Waals surface area contributed by atoms with Gasteiger partial charge < -0.3 is 112 Å². The van der Waals surface area contributed by atoms with Crippen molar-refractivity contribution in [2.75, 3.05) is 26.2 Å². The summed E-state index contributed by atoms with van der Waals surface area (Å²) in [4.78, 5) is 271. The summed E-state index contributed by atoms with van der Waals surface area (Å²) >= 11 is 0. The Bertz CT molecular complexity index is 3770. The summed E-state index contributed by atoms with van der Waals surface area (Å²) in [6.45, 7) is 36.9. The predicted octanol–water partition coefficient (Wildman–Crippen LogP) is -3.63. The predicted molar refractivity (Wildman–Crippen MR) is 445 cm³/mol. The zero-order valence-corrected chi connectivity index (χ0v) is 75.5. The van der Waals surface area contributed by atoms with E-state index >= 15 is 0 Å². The molecular formula is C80H140N20O21. The molecule has 0 spiro atoms. The fourth-order valence-electron chi connectivity index (χ4n) is 12.4. The van der Waals surface area contributed by atoms with Crippen molar-refractivity contribution in [3.8, 4) is 0 Å². The zero-order chi connectivity index (χ0) is 93.9. The minimum atomic E-state index is -1.84. The lowest BCUT2D eigenvalue weighted by Gasteiger charge is -2.36. The molecule has 0 aliphatic carbocycles. The second-order valence-electron chi connectivity index (χ2n) is 36.7. The molecule has 0 aromatic heterocycles. The van der Waals surface area contributed by atoms with Crippen LogP contribution in [0.15, 0.2) is 0 Å². The number of nitrogens with one attached hydrogen (secondary N) is 17. The monoisotopic (exact) mass is 1720 g/mol. The van der Waals surface area contributed by atoms with Crippen LogP contribution in [-0.4, -0.2) is 248 Å². The summed E-state index contributed by atoms with van der Waals surface area (Å²) in [6, 6.07) is -11.3. The number of aliphatic hydroxyl groups is 1. The number of aliphatic hydroxyl groups excluding tert-OH is 1. The summed E-state index contributed by atoms with van der Waals surface area (Å²) in [5.74, 6) is -17.9. The number of carbonyl (C=O) groups is 20. The van der Waals surface area contributed by atoms with Crippen LogP contribution in [0, 0.1) is 29.6 Å². The Morgan fingerprint density at radius 2 is 0.744 bits per heavy atom. The van der Waals surface area contributed by atoms with E-state index in [1.54, 1.807) is 55.4 Å². The van der Waals surface area contributed by atoms with E-state index in [4.69, 9.17) is 11.5 Å². The van der Waals surface area contributed by atoms with Crippen molar-refractivity contribution in [3.63, 3.8) is 0 Å². The van der Waals surface area contributed by atoms with Gasteiger partial charge in [-0.3, -0.25) is 95.9 Å². The summed E-state index contributed by atoms with van der Waals surface area (Å²) < 4.78 is 0. The first kappa shape index (κ1) is 108. The number of amides is 20. The van der Waals surface area contributed by atoms with E-state index in [2.05, 4.69) is 90.4 Å². The Balaban J connectivity index is 3.19. The number of nitrogens with two attached hydrogens (primary N) is 2. The lowest BCUT2D eigenvalue weighted by atomic mass is 9.96. The Hall–Kier alpha value is -10.6. The molecular weight excluding hydrogens is 1580 g/mol. The average Bonchev–Trinajstić information content (AvgIpc) is 1.74. The second-order valence-corrected chi connectivity index (χ2v) is 36.7. The molecule has 686 valence electrons. The number of likely N-dealkylation sites (tertiary alicyclic amines) is 1. The van der Waals surface area contributed by atoms with Crippen LogP contribution in [0.4, 0.5) is 0 Å². The third-order valence-electron chi connectivity index (χ3n) is 19.5. The maximum atomic E-state index is 14.4. The smallest absolute Gasteiger partial charge is 0.248 e. The first-order chi connectivity index (χ1) is 55.2. The third-order valence-corrected chi connectivity index (χ3v) is 19.5. The average molecular weight is 1720 g/mol. The molecule has 1 saturated heterocycles. The molecule has 20 amide bonds. The van der Waals surface area contributed by atoms with E-state index in [0.29, 0.717) is 12.8 Å². The molecule has 1 aliphatic rings. The van der Waals surface area contributed by atoms with Gasteiger partial charge in [-0.2, -0.15) is 0 Å². The van der Waals surface area contributed by atoms with Crippen molar-refractivity contribution < 1.29 is 101 Å². The number of nitrogens with zero attached hydrogens (tertiary/aromatic N) is 1. The highest BCUT2D eigenvalue weighted by molar-refractivity contribution is 6.03. The van der Waals surface area contributed by atoms with E-state index in [9.17, 15) is 101 Å². The van der Waals surface area contributed by atoms with Gasteiger partial charge in [0.25, 0.3) is 0 Å². The largest absolute Gasteiger partial charge is 0.394 e. The lowest BCUT2D eigenvalue weighted by molar-refractivity contribution is -0.146. The van der Waals surface area contributed by atoms with Crippen molar-refractivity contribution in [2.45, 2.75) is 331 Å². The van der Waals surface area contributed by atoms with Crippen molar-refractivity contribution in [2.24, 2.45) is 41.1 Å². The van der Waals surface area contributed by atoms with Crippen LogP contribution in [-0.2, 0) is 95.9 Å². The molecule has 0 bridgehead atoms. The molecule has 121 heavy (non-hydrogen) atoms. The molecule has 1 heterocycles. The van der Waals surface area contributed by atoms with Gasteiger partial charge in [0.05, 0.1) is 25.7 Å². The molecule has 0 unspecified atom stereocenters. The van der Waals surface area contributed by atoms with Crippen molar-refractivity contribution in [1.29, 1.82) is 0 Å². The summed E-state index contributed by atoms with van der Waals surface area (Å²) in [7, 11) is 0. The van der Waals surface area contributed by atoms with Crippen LogP contribution in [0.5, 0.6) is 0 Å². The molecule has 41 heteroatoms. The number of carbonyl (C=O) groups excluding carboxylic acids is 20. The van der Waals surface area contributed by atoms with Crippen molar-refractivity contribution >= 4 is 118 Å². The number of rotatable bonds is 49. The van der Waals surface area contributed by atoms with Gasteiger partial charge in [-0.1, -0.05) is 69.2 Å². The molecule has 41 nitrogen and oxygen atoms in total. The molecule has 0 saturated carbocycles. The number of hydrogen-bond acceptors (Lipinski definition) is 21. The first-order valence-electron chi connectivity index (χ1n) is 40.9. The summed E-state index contributed by atoms with van der Waals surface area (Å²) in [5.41, 5.74) is -1.19. The van der Waals surface area contributed by atoms with Crippen LogP contribution in [0.2, 0.25) is 0 Å². The van der Waals surface area contributed by atoms with Gasteiger partial charge in [0.15, 0.2) is 0 Å². The standard InChI is InChI=1S/C80H140N20O21/c1-40(2)34-47(39-101)86-60(108)48(29-31-53(81)103)89-70(118)77(19,20)98-72(120)79(23,24)96-63(111)51(36-42(5)6)88-64(112)52-28-27-33-100(52)73(121)80(25,26)99-71(119)78(21,22)94-56(106)38-84-68(116)75(15,16)97-66(114)58(44(9)10)92-65(113)57(43(7)8)91-61(109)49(30-32-54(82)104)90-69(117)76(17,18)95-62(110)50(35-41(3)4)87-59(107)45(11)85-55(105)37-83-67(115)74(13,14)93-46(12)102/h40-45,47-52,57-58,101H,27-39H2,1-26H3,(H2,81,103)(H2,82,104)(H,83,115)(H,84,116)(H,85,105)(H,86,108)(H,87,107)(H,88,112)(H,89,118)(H,90,117)(H,91,109)(H,92,113)(H,93,102)(H,94,106)(H,95,110)(H,96,111)(H,97,114)(H,98,120)(H,99,119)/t45-,47+,48+,49-,50-,51+,52+,57+,58-/m1/s1. The quantitative estimate of drug-likeness (QED) is 0.0279. The van der Waals surface area contributed by atoms with Crippen LogP contribution in [0.25, 0.3) is 0 Å². The zero-order valence-electron chi connectivity index (χ0n) is 75.5. The Kier molecular flexibility index (Phi) is 41.6.